The molecule has 0 radical (unpaired) electrons. The standard InChI is InChI=1S/C27H30FN5O4S/c1-16(2)15-37-21-11-19(10-20(28)12-21)23-7-6-22(26(30-23)33-13-17-8-18(9-17)14-33)27(34)32-38(35,36)25-5-3-4-24(29)31-25/h3-7,10-12,16-18H,8-9,13-15H2,1-2H3,(H2,29,31)(H,32,34). The fraction of sp³-hybridized carbons (Fsp3) is 0.370. The van der Waals surface area contributed by atoms with Crippen LogP contribution in [0, 0.1) is 23.6 Å². The van der Waals surface area contributed by atoms with E-state index >= 15 is 0 Å². The number of carbonyl (C=O) groups excluding carboxylic acids is 1. The lowest BCUT2D eigenvalue weighted by atomic mass is 9.71. The summed E-state index contributed by atoms with van der Waals surface area (Å²) in [6, 6.07) is 11.6. The van der Waals surface area contributed by atoms with Gasteiger partial charge in [0, 0.05) is 24.7 Å². The van der Waals surface area contributed by atoms with E-state index in [9.17, 15) is 17.6 Å². The molecule has 3 N–H and O–H groups in total. The molecule has 200 valence electrons. The van der Waals surface area contributed by atoms with Crippen LogP contribution >= 0.6 is 0 Å². The largest absolute Gasteiger partial charge is 0.493 e. The van der Waals surface area contributed by atoms with Gasteiger partial charge in [0.25, 0.3) is 15.9 Å². The minimum absolute atomic E-state index is 0.0198. The van der Waals surface area contributed by atoms with Gasteiger partial charge in [0.1, 0.15) is 23.2 Å². The van der Waals surface area contributed by atoms with Gasteiger partial charge in [-0.25, -0.2) is 19.1 Å². The van der Waals surface area contributed by atoms with Crippen LogP contribution in [0.1, 0.15) is 37.0 Å². The number of nitrogen functional groups attached to an aromatic ring is 1. The smallest absolute Gasteiger partial charge is 0.281 e. The molecule has 2 bridgehead atoms. The summed E-state index contributed by atoms with van der Waals surface area (Å²) in [4.78, 5) is 23.9. The summed E-state index contributed by atoms with van der Waals surface area (Å²) in [5.41, 5.74) is 6.67. The molecule has 4 heterocycles. The maximum absolute atomic E-state index is 14.5. The number of carbonyl (C=O) groups is 1. The summed E-state index contributed by atoms with van der Waals surface area (Å²) in [6.07, 6.45) is 2.27. The number of piperidine rings is 2. The Morgan fingerprint density at radius 1 is 1.13 bits per heavy atom. The summed E-state index contributed by atoms with van der Waals surface area (Å²) in [6.45, 7) is 5.87. The van der Waals surface area contributed by atoms with E-state index in [2.05, 4.69) is 9.71 Å². The third kappa shape index (κ3) is 5.57. The van der Waals surface area contributed by atoms with Crippen molar-refractivity contribution in [3.05, 3.63) is 59.9 Å². The molecule has 38 heavy (non-hydrogen) atoms. The second-order valence-corrected chi connectivity index (χ2v) is 12.0. The van der Waals surface area contributed by atoms with Crippen LogP contribution in [0.5, 0.6) is 5.75 Å². The van der Waals surface area contributed by atoms with Gasteiger partial charge in [0.2, 0.25) is 0 Å². The van der Waals surface area contributed by atoms with Gasteiger partial charge in [-0.1, -0.05) is 19.9 Å². The maximum Gasteiger partial charge on any atom is 0.281 e. The lowest BCUT2D eigenvalue weighted by molar-refractivity contribution is 0.0980. The van der Waals surface area contributed by atoms with Crippen LogP contribution in [0.15, 0.2) is 53.6 Å². The number of amides is 1. The lowest BCUT2D eigenvalue weighted by Gasteiger charge is -2.48. The van der Waals surface area contributed by atoms with Crippen LogP contribution in [0.2, 0.25) is 0 Å². The Balaban J connectivity index is 1.49. The monoisotopic (exact) mass is 539 g/mol. The van der Waals surface area contributed by atoms with E-state index in [1.807, 2.05) is 18.7 Å². The van der Waals surface area contributed by atoms with Crippen molar-refractivity contribution in [1.82, 2.24) is 14.7 Å². The van der Waals surface area contributed by atoms with E-state index in [0.29, 0.717) is 54.4 Å². The van der Waals surface area contributed by atoms with Gasteiger partial charge in [-0.05, 0) is 67.0 Å². The van der Waals surface area contributed by atoms with Crippen LogP contribution in [0.3, 0.4) is 0 Å². The highest BCUT2D eigenvalue weighted by Crippen LogP contribution is 2.42. The van der Waals surface area contributed by atoms with Crippen molar-refractivity contribution in [2.45, 2.75) is 31.7 Å². The molecule has 1 saturated carbocycles. The number of hydrogen-bond donors (Lipinski definition) is 2. The predicted molar refractivity (Wildman–Crippen MR) is 142 cm³/mol. The van der Waals surface area contributed by atoms with Crippen LogP contribution in [-0.2, 0) is 10.0 Å². The number of nitrogens with zero attached hydrogens (tertiary/aromatic N) is 3. The molecule has 2 saturated heterocycles. The fourth-order valence-corrected chi connectivity index (χ4v) is 5.88. The number of hydrogen-bond acceptors (Lipinski definition) is 8. The number of rotatable bonds is 8. The molecule has 0 spiro atoms. The molecule has 3 aliphatic rings. The number of fused-ring (bicyclic) bond motifs is 2. The van der Waals surface area contributed by atoms with Gasteiger partial charge in [-0.15, -0.1) is 0 Å². The third-order valence-electron chi connectivity index (χ3n) is 6.71. The summed E-state index contributed by atoms with van der Waals surface area (Å²) in [5.74, 6) is 0.744. The van der Waals surface area contributed by atoms with Crippen LogP contribution in [-0.4, -0.2) is 44.0 Å². The number of sulfonamides is 1. The third-order valence-corrected chi connectivity index (χ3v) is 7.94. The molecular formula is C27H30FN5O4S. The zero-order chi connectivity index (χ0) is 27.0. The van der Waals surface area contributed by atoms with Gasteiger partial charge in [-0.3, -0.25) is 4.79 Å². The fourth-order valence-electron chi connectivity index (χ4n) is 4.94. The molecule has 0 unspecified atom stereocenters. The highest BCUT2D eigenvalue weighted by Gasteiger charge is 2.39. The van der Waals surface area contributed by atoms with Crippen molar-refractivity contribution >= 4 is 27.6 Å². The van der Waals surface area contributed by atoms with E-state index < -0.39 is 21.7 Å². The number of anilines is 2. The highest BCUT2D eigenvalue weighted by molar-refractivity contribution is 7.90. The van der Waals surface area contributed by atoms with E-state index in [-0.39, 0.29) is 22.3 Å². The minimum atomic E-state index is -4.27. The van der Waals surface area contributed by atoms with Crippen molar-refractivity contribution < 1.29 is 22.3 Å². The van der Waals surface area contributed by atoms with E-state index in [1.54, 1.807) is 12.1 Å². The first-order chi connectivity index (χ1) is 18.1. The molecule has 1 amide bonds. The molecule has 1 aliphatic carbocycles. The average Bonchev–Trinajstić information content (AvgIpc) is 2.86. The quantitative estimate of drug-likeness (QED) is 0.442. The Morgan fingerprint density at radius 3 is 2.55 bits per heavy atom. The second-order valence-electron chi connectivity index (χ2n) is 10.4. The summed E-state index contributed by atoms with van der Waals surface area (Å²) < 4.78 is 48.0. The number of halogens is 1. The first-order valence-corrected chi connectivity index (χ1v) is 14.0. The van der Waals surface area contributed by atoms with Crippen molar-refractivity contribution in [1.29, 1.82) is 0 Å². The topological polar surface area (TPSA) is 128 Å². The van der Waals surface area contributed by atoms with Crippen molar-refractivity contribution in [2.75, 3.05) is 30.3 Å². The summed E-state index contributed by atoms with van der Waals surface area (Å²) >= 11 is 0. The summed E-state index contributed by atoms with van der Waals surface area (Å²) in [5, 5.41) is -0.357. The first kappa shape index (κ1) is 25.9. The van der Waals surface area contributed by atoms with Gasteiger partial charge in [0.05, 0.1) is 17.9 Å². The van der Waals surface area contributed by atoms with Crippen molar-refractivity contribution in [3.63, 3.8) is 0 Å². The zero-order valence-corrected chi connectivity index (χ0v) is 22.0. The predicted octanol–water partition coefficient (Wildman–Crippen LogP) is 3.86. The first-order valence-electron chi connectivity index (χ1n) is 12.6. The van der Waals surface area contributed by atoms with Crippen molar-refractivity contribution in [2.24, 2.45) is 17.8 Å². The normalized spacial score (nSPS) is 18.7. The Hall–Kier alpha value is -3.73. The van der Waals surface area contributed by atoms with Crippen LogP contribution in [0.4, 0.5) is 16.0 Å². The Labute approximate surface area is 221 Å². The molecule has 3 aromatic rings. The number of benzene rings is 1. The molecule has 0 atom stereocenters. The molecule has 6 rings (SSSR count). The zero-order valence-electron chi connectivity index (χ0n) is 21.2. The lowest BCUT2D eigenvalue weighted by Crippen LogP contribution is -2.49. The molecule has 1 aromatic carbocycles. The maximum atomic E-state index is 14.5. The van der Waals surface area contributed by atoms with E-state index in [4.69, 9.17) is 15.5 Å². The molecule has 3 fully saturated rings. The van der Waals surface area contributed by atoms with Crippen LogP contribution in [0.25, 0.3) is 11.3 Å². The van der Waals surface area contributed by atoms with Gasteiger partial charge in [0.15, 0.2) is 5.03 Å². The highest BCUT2D eigenvalue weighted by atomic mass is 32.2. The van der Waals surface area contributed by atoms with Crippen LogP contribution < -0.4 is 20.1 Å². The molecule has 11 heteroatoms. The number of nitrogens with one attached hydrogen (secondary N) is 1. The number of aromatic nitrogens is 2. The number of pyridine rings is 2. The minimum Gasteiger partial charge on any atom is -0.493 e. The van der Waals surface area contributed by atoms with E-state index in [1.165, 1.54) is 36.4 Å². The van der Waals surface area contributed by atoms with Crippen molar-refractivity contribution in [3.8, 4) is 17.0 Å². The van der Waals surface area contributed by atoms with E-state index in [0.717, 1.165) is 12.8 Å². The number of ether oxygens (including phenoxy) is 1. The Kier molecular flexibility index (Phi) is 6.95. The second kappa shape index (κ2) is 10.2. The van der Waals surface area contributed by atoms with Gasteiger partial charge < -0.3 is 15.4 Å². The molecular weight excluding hydrogens is 509 g/mol. The van der Waals surface area contributed by atoms with Gasteiger partial charge >= 0.3 is 0 Å². The Bertz CT molecular complexity index is 1460. The van der Waals surface area contributed by atoms with Gasteiger partial charge in [-0.2, -0.15) is 8.42 Å². The number of nitrogens with two attached hydrogens (primary N) is 1. The SMILES string of the molecule is CC(C)COc1cc(F)cc(-c2ccc(C(=O)NS(=O)(=O)c3cccc(N)n3)c(N3CC4CC(C4)C3)n2)c1. The Morgan fingerprint density at radius 2 is 1.87 bits per heavy atom. The molecule has 9 nitrogen and oxygen atoms in total. The molecule has 2 aromatic heterocycles. The average molecular weight is 540 g/mol. The molecule has 2 aliphatic heterocycles. The summed E-state index contributed by atoms with van der Waals surface area (Å²) in [7, 11) is -4.27.